The maximum Gasteiger partial charge on any atom is 0.221 e. The van der Waals surface area contributed by atoms with Gasteiger partial charge < -0.3 is 19.5 Å². The molecule has 3 aromatic carbocycles. The molecule has 1 amide bonds. The molecule has 0 heterocycles. The quantitative estimate of drug-likeness (QED) is 0.567. The van der Waals surface area contributed by atoms with Crippen LogP contribution in [0.2, 0.25) is 0 Å². The smallest absolute Gasteiger partial charge is 0.221 e. The van der Waals surface area contributed by atoms with Crippen LogP contribution in [0.5, 0.6) is 17.2 Å². The summed E-state index contributed by atoms with van der Waals surface area (Å²) in [6.07, 6.45) is 0.351. The summed E-state index contributed by atoms with van der Waals surface area (Å²) in [6.45, 7) is 0.332. The molecule has 0 bridgehead atoms. The molecule has 0 saturated carbocycles. The fourth-order valence-electron chi connectivity index (χ4n) is 3.48. The predicted octanol–water partition coefficient (Wildman–Crippen LogP) is 4.55. The van der Waals surface area contributed by atoms with E-state index in [1.807, 2.05) is 42.5 Å². The van der Waals surface area contributed by atoms with Crippen LogP contribution in [-0.2, 0) is 11.3 Å². The SMILES string of the molecule is COc1cc(OC)c(OC)cc1CNC(=O)CC(c1ccccc1)c1ccccc1. The Morgan fingerprint density at radius 2 is 1.27 bits per heavy atom. The second-order valence-electron chi connectivity index (χ2n) is 6.87. The molecule has 0 aliphatic rings. The standard InChI is InChI=1S/C25H27NO4/c1-28-22-16-24(30-3)23(29-2)14-20(22)17-26-25(27)15-21(18-10-6-4-7-11-18)19-12-8-5-9-13-19/h4-14,16,21H,15,17H2,1-3H3,(H,26,27). The van der Waals surface area contributed by atoms with Crippen LogP contribution in [0, 0.1) is 0 Å². The van der Waals surface area contributed by atoms with E-state index >= 15 is 0 Å². The zero-order chi connectivity index (χ0) is 21.3. The number of amides is 1. The predicted molar refractivity (Wildman–Crippen MR) is 117 cm³/mol. The summed E-state index contributed by atoms with van der Waals surface area (Å²) in [7, 11) is 4.75. The first-order chi connectivity index (χ1) is 14.7. The summed E-state index contributed by atoms with van der Waals surface area (Å²) in [5.41, 5.74) is 3.05. The van der Waals surface area contributed by atoms with Gasteiger partial charge in [-0.1, -0.05) is 60.7 Å². The molecule has 0 aliphatic heterocycles. The van der Waals surface area contributed by atoms with Crippen LogP contribution in [0.3, 0.4) is 0 Å². The fraction of sp³-hybridized carbons (Fsp3) is 0.240. The van der Waals surface area contributed by atoms with E-state index in [2.05, 4.69) is 29.6 Å². The molecule has 30 heavy (non-hydrogen) atoms. The number of ether oxygens (including phenoxy) is 3. The van der Waals surface area contributed by atoms with Gasteiger partial charge in [0.25, 0.3) is 0 Å². The van der Waals surface area contributed by atoms with E-state index in [1.165, 1.54) is 0 Å². The molecular formula is C25H27NO4. The van der Waals surface area contributed by atoms with Gasteiger partial charge in [-0.25, -0.2) is 0 Å². The monoisotopic (exact) mass is 405 g/mol. The van der Waals surface area contributed by atoms with Crippen molar-refractivity contribution in [3.8, 4) is 17.2 Å². The Balaban J connectivity index is 1.75. The summed E-state index contributed by atoms with van der Waals surface area (Å²) in [5.74, 6) is 1.76. The lowest BCUT2D eigenvalue weighted by molar-refractivity contribution is -0.121. The lowest BCUT2D eigenvalue weighted by atomic mass is 9.88. The van der Waals surface area contributed by atoms with Crippen molar-refractivity contribution in [3.63, 3.8) is 0 Å². The Bertz CT molecular complexity index is 918. The van der Waals surface area contributed by atoms with Gasteiger partial charge in [-0.05, 0) is 17.2 Å². The van der Waals surface area contributed by atoms with E-state index < -0.39 is 0 Å². The lowest BCUT2D eigenvalue weighted by Crippen LogP contribution is -2.25. The van der Waals surface area contributed by atoms with E-state index in [9.17, 15) is 4.79 Å². The second kappa shape index (κ2) is 10.3. The first kappa shape index (κ1) is 21.2. The van der Waals surface area contributed by atoms with Crippen molar-refractivity contribution in [1.82, 2.24) is 5.32 Å². The molecule has 0 fully saturated rings. The van der Waals surface area contributed by atoms with Gasteiger partial charge in [-0.15, -0.1) is 0 Å². The van der Waals surface area contributed by atoms with Crippen molar-refractivity contribution in [2.75, 3.05) is 21.3 Å². The van der Waals surface area contributed by atoms with Crippen molar-refractivity contribution < 1.29 is 19.0 Å². The van der Waals surface area contributed by atoms with Crippen molar-refractivity contribution >= 4 is 5.91 Å². The Kier molecular flexibility index (Phi) is 7.33. The Labute approximate surface area is 177 Å². The Hall–Kier alpha value is -3.47. The minimum Gasteiger partial charge on any atom is -0.496 e. The van der Waals surface area contributed by atoms with Gasteiger partial charge in [0, 0.05) is 30.5 Å². The van der Waals surface area contributed by atoms with Crippen LogP contribution >= 0.6 is 0 Å². The van der Waals surface area contributed by atoms with Crippen molar-refractivity contribution in [2.45, 2.75) is 18.9 Å². The van der Waals surface area contributed by atoms with Gasteiger partial charge in [-0.2, -0.15) is 0 Å². The maximum absolute atomic E-state index is 12.8. The third-order valence-electron chi connectivity index (χ3n) is 5.06. The van der Waals surface area contributed by atoms with E-state index in [-0.39, 0.29) is 11.8 Å². The van der Waals surface area contributed by atoms with E-state index in [0.717, 1.165) is 16.7 Å². The number of carbonyl (C=O) groups is 1. The van der Waals surface area contributed by atoms with Crippen LogP contribution in [0.1, 0.15) is 29.0 Å². The molecule has 156 valence electrons. The van der Waals surface area contributed by atoms with Gasteiger partial charge in [0.1, 0.15) is 5.75 Å². The van der Waals surface area contributed by atoms with Crippen LogP contribution in [0.4, 0.5) is 0 Å². The number of methoxy groups -OCH3 is 3. The summed E-state index contributed by atoms with van der Waals surface area (Å²) >= 11 is 0. The minimum absolute atomic E-state index is 0.0142. The molecule has 1 N–H and O–H groups in total. The first-order valence-corrected chi connectivity index (χ1v) is 9.81. The molecule has 0 saturated heterocycles. The molecular weight excluding hydrogens is 378 g/mol. The zero-order valence-electron chi connectivity index (χ0n) is 17.6. The van der Waals surface area contributed by atoms with Crippen LogP contribution in [0.15, 0.2) is 72.8 Å². The van der Waals surface area contributed by atoms with E-state index in [4.69, 9.17) is 14.2 Å². The number of benzene rings is 3. The highest BCUT2D eigenvalue weighted by Gasteiger charge is 2.19. The molecule has 0 spiro atoms. The fourth-order valence-corrected chi connectivity index (χ4v) is 3.48. The molecule has 3 rings (SSSR count). The van der Waals surface area contributed by atoms with E-state index in [1.54, 1.807) is 27.4 Å². The highest BCUT2D eigenvalue weighted by atomic mass is 16.5. The highest BCUT2D eigenvalue weighted by Crippen LogP contribution is 2.34. The van der Waals surface area contributed by atoms with Crippen LogP contribution < -0.4 is 19.5 Å². The number of rotatable bonds is 9. The summed E-state index contributed by atoms with van der Waals surface area (Å²) in [6, 6.07) is 23.8. The van der Waals surface area contributed by atoms with Crippen molar-refractivity contribution in [1.29, 1.82) is 0 Å². The molecule has 5 nitrogen and oxygen atoms in total. The molecule has 0 aromatic heterocycles. The number of hydrogen-bond acceptors (Lipinski definition) is 4. The average Bonchev–Trinajstić information content (AvgIpc) is 2.81. The number of nitrogens with one attached hydrogen (secondary N) is 1. The van der Waals surface area contributed by atoms with Gasteiger partial charge in [0.15, 0.2) is 11.5 Å². The van der Waals surface area contributed by atoms with Gasteiger partial charge in [0.2, 0.25) is 5.91 Å². The maximum atomic E-state index is 12.8. The number of carbonyl (C=O) groups excluding carboxylic acids is 1. The van der Waals surface area contributed by atoms with Gasteiger partial charge >= 0.3 is 0 Å². The summed E-state index contributed by atoms with van der Waals surface area (Å²) in [4.78, 5) is 12.8. The van der Waals surface area contributed by atoms with Crippen LogP contribution in [-0.4, -0.2) is 27.2 Å². The molecule has 0 aliphatic carbocycles. The lowest BCUT2D eigenvalue weighted by Gasteiger charge is -2.19. The second-order valence-corrected chi connectivity index (χ2v) is 6.87. The van der Waals surface area contributed by atoms with Crippen molar-refractivity contribution in [2.24, 2.45) is 0 Å². The largest absolute Gasteiger partial charge is 0.496 e. The van der Waals surface area contributed by atoms with Crippen molar-refractivity contribution in [3.05, 3.63) is 89.5 Å². The third kappa shape index (κ3) is 5.11. The highest BCUT2D eigenvalue weighted by molar-refractivity contribution is 5.77. The first-order valence-electron chi connectivity index (χ1n) is 9.81. The average molecular weight is 405 g/mol. The third-order valence-corrected chi connectivity index (χ3v) is 5.06. The molecule has 3 aromatic rings. The topological polar surface area (TPSA) is 56.8 Å². The Morgan fingerprint density at radius 1 is 0.767 bits per heavy atom. The summed E-state index contributed by atoms with van der Waals surface area (Å²) < 4.78 is 16.1. The minimum atomic E-state index is -0.0375. The number of hydrogen-bond donors (Lipinski definition) is 1. The normalized spacial score (nSPS) is 10.5. The summed E-state index contributed by atoms with van der Waals surface area (Å²) in [5, 5.41) is 3.02. The Morgan fingerprint density at radius 3 is 1.77 bits per heavy atom. The van der Waals surface area contributed by atoms with Crippen LogP contribution in [0.25, 0.3) is 0 Å². The molecule has 0 radical (unpaired) electrons. The molecule has 5 heteroatoms. The molecule has 0 atom stereocenters. The van der Waals surface area contributed by atoms with E-state index in [0.29, 0.717) is 30.2 Å². The zero-order valence-corrected chi connectivity index (χ0v) is 17.6. The molecule has 0 unspecified atom stereocenters. The van der Waals surface area contributed by atoms with Gasteiger partial charge in [-0.3, -0.25) is 4.79 Å². The van der Waals surface area contributed by atoms with Gasteiger partial charge in [0.05, 0.1) is 21.3 Å².